The van der Waals surface area contributed by atoms with Crippen molar-refractivity contribution in [1.29, 1.82) is 0 Å². The molecule has 51 heavy (non-hydrogen) atoms. The van der Waals surface area contributed by atoms with Crippen molar-refractivity contribution in [3.63, 3.8) is 0 Å². The van der Waals surface area contributed by atoms with Crippen molar-refractivity contribution in [2.45, 2.75) is 128 Å². The Hall–Kier alpha value is -4.71. The predicted octanol–water partition coefficient (Wildman–Crippen LogP) is 4.97. The van der Waals surface area contributed by atoms with Crippen molar-refractivity contribution < 1.29 is 29.1 Å². The number of aromatic nitrogens is 2. The molecular formula is C39H56N6O6. The van der Waals surface area contributed by atoms with Gasteiger partial charge in [-0.05, 0) is 50.5 Å². The Bertz CT molecular complexity index is 1470. The maximum atomic E-state index is 14.0. The minimum Gasteiger partial charge on any atom is -0.508 e. The van der Waals surface area contributed by atoms with Crippen LogP contribution in [0.1, 0.15) is 102 Å². The monoisotopic (exact) mass is 704 g/mol. The molecule has 12 heteroatoms. The number of hydrogen-bond donors (Lipinski definition) is 6. The Balaban J connectivity index is 1.76. The third-order valence-corrected chi connectivity index (χ3v) is 8.27. The molecule has 12 nitrogen and oxygen atoms in total. The molecule has 278 valence electrons. The third-order valence-electron chi connectivity index (χ3n) is 8.27. The molecule has 0 unspecified atom stereocenters. The molecule has 0 saturated heterocycles. The number of phenols is 1. The minimum atomic E-state index is -1.09. The molecule has 2 aromatic carbocycles. The number of benzene rings is 2. The lowest BCUT2D eigenvalue weighted by Crippen LogP contribution is -2.58. The number of aromatic hydroxyl groups is 1. The summed E-state index contributed by atoms with van der Waals surface area (Å²) in [4.78, 5) is 66.8. The number of rotatable bonds is 22. The van der Waals surface area contributed by atoms with Crippen molar-refractivity contribution >= 4 is 23.6 Å². The van der Waals surface area contributed by atoms with Crippen LogP contribution in [0.4, 0.5) is 0 Å². The van der Waals surface area contributed by atoms with Crippen LogP contribution in [0, 0.1) is 0 Å². The highest BCUT2D eigenvalue weighted by atomic mass is 16.7. The van der Waals surface area contributed by atoms with Crippen molar-refractivity contribution in [2.75, 3.05) is 0 Å². The normalized spacial score (nSPS) is 13.1. The smallest absolute Gasteiger partial charge is 0.266 e. The van der Waals surface area contributed by atoms with Gasteiger partial charge in [-0.15, -0.1) is 0 Å². The summed E-state index contributed by atoms with van der Waals surface area (Å²) >= 11 is 0. The first-order valence-electron chi connectivity index (χ1n) is 18.1. The van der Waals surface area contributed by atoms with E-state index < -0.39 is 41.4 Å². The maximum absolute atomic E-state index is 14.0. The molecule has 0 aliphatic rings. The molecule has 0 saturated carbocycles. The fourth-order valence-electron chi connectivity index (χ4n) is 5.47. The molecular weight excluding hydrogens is 648 g/mol. The van der Waals surface area contributed by atoms with Gasteiger partial charge in [-0.2, -0.15) is 0 Å². The van der Waals surface area contributed by atoms with Crippen LogP contribution in [0.15, 0.2) is 67.1 Å². The third kappa shape index (κ3) is 16.2. The summed E-state index contributed by atoms with van der Waals surface area (Å²) in [5, 5.41) is 18.3. The van der Waals surface area contributed by atoms with Crippen LogP contribution in [0.3, 0.4) is 0 Å². The Morgan fingerprint density at radius 1 is 0.725 bits per heavy atom. The number of hydrogen-bond acceptors (Lipinski definition) is 7. The molecule has 0 aliphatic carbocycles. The van der Waals surface area contributed by atoms with Gasteiger partial charge < -0.3 is 26.0 Å². The first-order valence-corrected chi connectivity index (χ1v) is 18.1. The van der Waals surface area contributed by atoms with Gasteiger partial charge in [0.15, 0.2) is 0 Å². The van der Waals surface area contributed by atoms with Crippen LogP contribution in [-0.2, 0) is 43.3 Å². The summed E-state index contributed by atoms with van der Waals surface area (Å²) in [6.45, 7) is 7.53. The maximum Gasteiger partial charge on any atom is 0.266 e. The van der Waals surface area contributed by atoms with Gasteiger partial charge in [-0.25, -0.2) is 10.5 Å². The molecule has 0 fully saturated rings. The summed E-state index contributed by atoms with van der Waals surface area (Å²) in [5.41, 5.74) is 3.88. The van der Waals surface area contributed by atoms with Gasteiger partial charge in [0, 0.05) is 37.6 Å². The Morgan fingerprint density at radius 3 is 1.84 bits per heavy atom. The van der Waals surface area contributed by atoms with Crippen LogP contribution in [0.2, 0.25) is 0 Å². The molecule has 0 aliphatic heterocycles. The van der Waals surface area contributed by atoms with Crippen LogP contribution in [0.25, 0.3) is 0 Å². The van der Waals surface area contributed by atoms with E-state index in [2.05, 4.69) is 38.3 Å². The average molecular weight is 705 g/mol. The topological polar surface area (TPSA) is 175 Å². The van der Waals surface area contributed by atoms with Crippen LogP contribution >= 0.6 is 0 Å². The molecule has 0 bridgehead atoms. The number of nitrogens with one attached hydrogen (secondary N) is 5. The van der Waals surface area contributed by atoms with Crippen molar-refractivity contribution in [3.05, 3.63) is 83.9 Å². The zero-order valence-corrected chi connectivity index (χ0v) is 30.5. The summed E-state index contributed by atoms with van der Waals surface area (Å²) < 4.78 is 0. The van der Waals surface area contributed by atoms with Crippen molar-refractivity contribution in [2.24, 2.45) is 0 Å². The number of unbranched alkanes of at least 4 members (excludes halogenated alkanes) is 7. The second kappa shape index (κ2) is 21.5. The number of H-pyrrole nitrogens is 1. The lowest BCUT2D eigenvalue weighted by molar-refractivity contribution is -0.149. The number of hydroxylamine groups is 1. The fraction of sp³-hybridized carbons (Fsp3) is 0.513. The van der Waals surface area contributed by atoms with Gasteiger partial charge in [0.1, 0.15) is 23.9 Å². The number of aromatic amines is 1. The molecule has 1 heterocycles. The number of carbonyl (C=O) groups excluding carboxylic acids is 4. The van der Waals surface area contributed by atoms with Crippen LogP contribution < -0.4 is 21.4 Å². The van der Waals surface area contributed by atoms with Crippen LogP contribution in [-0.4, -0.2) is 62.4 Å². The second-order valence-corrected chi connectivity index (χ2v) is 14.0. The van der Waals surface area contributed by atoms with E-state index in [9.17, 15) is 24.3 Å². The fourth-order valence-corrected chi connectivity index (χ4v) is 5.47. The number of amides is 4. The number of phenolic OH excluding ortho intramolecular Hbond substituents is 1. The second-order valence-electron chi connectivity index (χ2n) is 14.0. The standard InChI is InChI=1S/C39H56N6O6/c1-5-6-7-8-9-10-11-15-18-35(47)42-34(25-30-26-40-27-41-30)37(49)43-32(23-28-16-13-12-14-17-28)36(48)44-33(38(50)45-51-39(2,3)4)24-29-19-21-31(46)22-20-29/h12-14,16-17,19-22,26-27,32-34,46H,5-11,15,18,23-25H2,1-4H3,(H,40,41)(H,42,47)(H,43,49)(H,44,48)(H,45,50)/t32-,33-,34-/m0/s1. The van der Waals surface area contributed by atoms with Gasteiger partial charge in [0.05, 0.1) is 11.9 Å². The minimum absolute atomic E-state index is 0.0695. The highest BCUT2D eigenvalue weighted by molar-refractivity contribution is 5.94. The lowest BCUT2D eigenvalue weighted by Gasteiger charge is -2.26. The summed E-state index contributed by atoms with van der Waals surface area (Å²) in [5.74, 6) is -1.89. The number of carbonyl (C=O) groups is 4. The van der Waals surface area contributed by atoms with E-state index in [-0.39, 0.29) is 30.9 Å². The molecule has 4 amide bonds. The Labute approximate surface area is 301 Å². The van der Waals surface area contributed by atoms with E-state index in [1.54, 1.807) is 39.1 Å². The van der Waals surface area contributed by atoms with Crippen LogP contribution in [0.5, 0.6) is 5.75 Å². The van der Waals surface area contributed by atoms with Gasteiger partial charge in [0.25, 0.3) is 5.91 Å². The van der Waals surface area contributed by atoms with E-state index in [0.29, 0.717) is 17.7 Å². The Morgan fingerprint density at radius 2 is 1.27 bits per heavy atom. The quantitative estimate of drug-likeness (QED) is 0.0632. The van der Waals surface area contributed by atoms with Crippen molar-refractivity contribution in [3.8, 4) is 5.75 Å². The zero-order chi connectivity index (χ0) is 37.1. The zero-order valence-electron chi connectivity index (χ0n) is 30.5. The highest BCUT2D eigenvalue weighted by Crippen LogP contribution is 2.14. The van der Waals surface area contributed by atoms with Gasteiger partial charge in [-0.1, -0.05) is 94.3 Å². The summed E-state index contributed by atoms with van der Waals surface area (Å²) in [6.07, 6.45) is 12.5. The van der Waals surface area contributed by atoms with E-state index >= 15 is 0 Å². The first kappa shape index (κ1) is 40.7. The SMILES string of the molecule is CCCCCCCCCCC(=O)N[C@@H](Cc1cnc[nH]1)C(=O)N[C@@H](Cc1ccccc1)C(=O)N[C@@H](Cc1ccc(O)cc1)C(=O)NOC(C)(C)C. The van der Waals surface area contributed by atoms with E-state index in [4.69, 9.17) is 4.84 Å². The van der Waals surface area contributed by atoms with E-state index in [0.717, 1.165) is 31.2 Å². The number of nitrogens with zero attached hydrogens (tertiary/aromatic N) is 1. The number of imidazole rings is 1. The molecule has 0 radical (unpaired) electrons. The predicted molar refractivity (Wildman–Crippen MR) is 196 cm³/mol. The molecule has 3 atom stereocenters. The largest absolute Gasteiger partial charge is 0.508 e. The van der Waals surface area contributed by atoms with Gasteiger partial charge in [-0.3, -0.25) is 24.0 Å². The van der Waals surface area contributed by atoms with Gasteiger partial charge in [0.2, 0.25) is 17.7 Å². The van der Waals surface area contributed by atoms with E-state index in [1.807, 2.05) is 30.3 Å². The highest BCUT2D eigenvalue weighted by Gasteiger charge is 2.31. The first-order chi connectivity index (χ1) is 24.4. The Kier molecular flexibility index (Phi) is 17.2. The van der Waals surface area contributed by atoms with E-state index in [1.165, 1.54) is 44.1 Å². The average Bonchev–Trinajstić information content (AvgIpc) is 3.61. The summed E-state index contributed by atoms with van der Waals surface area (Å²) in [7, 11) is 0. The molecule has 3 rings (SSSR count). The van der Waals surface area contributed by atoms with Crippen molar-refractivity contribution in [1.82, 2.24) is 31.4 Å². The molecule has 1 aromatic heterocycles. The lowest BCUT2D eigenvalue weighted by atomic mass is 10.0. The van der Waals surface area contributed by atoms with Gasteiger partial charge >= 0.3 is 0 Å². The molecule has 6 N–H and O–H groups in total. The summed E-state index contributed by atoms with van der Waals surface area (Å²) in [6, 6.07) is 12.4. The molecule has 0 spiro atoms. The molecule has 3 aromatic rings.